The molecule has 0 aromatic carbocycles. The topological polar surface area (TPSA) is 60.9 Å². The van der Waals surface area contributed by atoms with Crippen LogP contribution in [0, 0.1) is 5.92 Å². The Morgan fingerprint density at radius 3 is 2.42 bits per heavy atom. The van der Waals surface area contributed by atoms with E-state index in [1.54, 1.807) is 4.90 Å². The molecule has 1 atom stereocenters. The van der Waals surface area contributed by atoms with Gasteiger partial charge in [-0.15, -0.1) is 0 Å². The number of piperidine rings is 1. The van der Waals surface area contributed by atoms with E-state index in [1.807, 2.05) is 11.8 Å². The summed E-state index contributed by atoms with van der Waals surface area (Å²) in [4.78, 5) is 27.6. The molecule has 0 aromatic heterocycles. The number of likely N-dealkylation sites (tertiary alicyclic amines) is 2. The zero-order chi connectivity index (χ0) is 14.0. The van der Waals surface area contributed by atoms with Gasteiger partial charge >= 0.3 is 12.0 Å². The summed E-state index contributed by atoms with van der Waals surface area (Å²) in [5, 5.41) is 9.51. The number of carboxylic acids is 1. The number of rotatable bonds is 2. The summed E-state index contributed by atoms with van der Waals surface area (Å²) in [6.07, 6.45) is 3.89. The van der Waals surface area contributed by atoms with Gasteiger partial charge in [-0.1, -0.05) is 13.8 Å². The molecule has 2 fully saturated rings. The minimum absolute atomic E-state index is 0.0753. The molecule has 2 rings (SSSR count). The first-order chi connectivity index (χ1) is 9.01. The van der Waals surface area contributed by atoms with Crippen molar-refractivity contribution in [3.05, 3.63) is 0 Å². The van der Waals surface area contributed by atoms with Gasteiger partial charge in [-0.3, -0.25) is 0 Å². The standard InChI is InChI=1S/C14H24N2O3/c1-3-14(12(17)18)7-4-8-16(14)13(19)15-9-5-11(2)6-10-15/h11H,3-10H2,1-2H3,(H,17,18). The third-order valence-electron chi connectivity index (χ3n) is 4.76. The van der Waals surface area contributed by atoms with Gasteiger partial charge in [0.15, 0.2) is 0 Å². The molecule has 108 valence electrons. The molecule has 0 spiro atoms. The van der Waals surface area contributed by atoms with E-state index in [9.17, 15) is 14.7 Å². The van der Waals surface area contributed by atoms with Crippen LogP contribution in [0.25, 0.3) is 0 Å². The fourth-order valence-electron chi connectivity index (χ4n) is 3.27. The highest BCUT2D eigenvalue weighted by molar-refractivity contribution is 5.87. The maximum Gasteiger partial charge on any atom is 0.329 e. The summed E-state index contributed by atoms with van der Waals surface area (Å²) < 4.78 is 0. The second-order valence-corrected chi connectivity index (χ2v) is 5.90. The largest absolute Gasteiger partial charge is 0.479 e. The van der Waals surface area contributed by atoms with Gasteiger partial charge < -0.3 is 14.9 Å². The van der Waals surface area contributed by atoms with Crippen molar-refractivity contribution in [3.8, 4) is 0 Å². The second-order valence-electron chi connectivity index (χ2n) is 5.90. The number of nitrogens with zero attached hydrogens (tertiary/aromatic N) is 2. The van der Waals surface area contributed by atoms with Crippen LogP contribution in [0.5, 0.6) is 0 Å². The molecule has 2 saturated heterocycles. The minimum Gasteiger partial charge on any atom is -0.479 e. The quantitative estimate of drug-likeness (QED) is 0.835. The number of urea groups is 1. The lowest BCUT2D eigenvalue weighted by molar-refractivity contribution is -0.148. The third-order valence-corrected chi connectivity index (χ3v) is 4.76. The number of hydrogen-bond donors (Lipinski definition) is 1. The molecule has 2 aliphatic rings. The Hall–Kier alpha value is -1.26. The molecule has 0 radical (unpaired) electrons. The summed E-state index contributed by atoms with van der Waals surface area (Å²) in [5.74, 6) is -0.190. The highest BCUT2D eigenvalue weighted by atomic mass is 16.4. The van der Waals surface area contributed by atoms with Crippen molar-refractivity contribution in [2.45, 2.75) is 51.5 Å². The summed E-state index contributed by atoms with van der Waals surface area (Å²) in [7, 11) is 0. The van der Waals surface area contributed by atoms with Crippen LogP contribution in [-0.2, 0) is 4.79 Å². The lowest BCUT2D eigenvalue weighted by atomic mass is 9.93. The fourth-order valence-corrected chi connectivity index (χ4v) is 3.27. The van der Waals surface area contributed by atoms with Crippen molar-refractivity contribution in [2.75, 3.05) is 19.6 Å². The molecular weight excluding hydrogens is 244 g/mol. The van der Waals surface area contributed by atoms with E-state index in [-0.39, 0.29) is 6.03 Å². The average Bonchev–Trinajstić information content (AvgIpc) is 2.83. The number of carbonyl (C=O) groups excluding carboxylic acids is 1. The summed E-state index contributed by atoms with van der Waals surface area (Å²) in [6, 6.07) is -0.0753. The van der Waals surface area contributed by atoms with Gasteiger partial charge in [0.1, 0.15) is 5.54 Å². The predicted molar refractivity (Wildman–Crippen MR) is 72.0 cm³/mol. The Bertz CT molecular complexity index is 364. The van der Waals surface area contributed by atoms with Gasteiger partial charge in [0, 0.05) is 19.6 Å². The Labute approximate surface area is 114 Å². The van der Waals surface area contributed by atoms with Crippen LogP contribution >= 0.6 is 0 Å². The highest BCUT2D eigenvalue weighted by Gasteiger charge is 2.49. The zero-order valence-electron chi connectivity index (χ0n) is 11.9. The molecule has 2 heterocycles. The summed E-state index contributed by atoms with van der Waals surface area (Å²) in [5.41, 5.74) is -0.972. The maximum atomic E-state index is 12.6. The molecule has 0 aliphatic carbocycles. The molecule has 5 nitrogen and oxygen atoms in total. The molecule has 5 heteroatoms. The van der Waals surface area contributed by atoms with Crippen molar-refractivity contribution in [1.82, 2.24) is 9.80 Å². The van der Waals surface area contributed by atoms with E-state index in [0.717, 1.165) is 32.4 Å². The molecule has 2 amide bonds. The monoisotopic (exact) mass is 268 g/mol. The van der Waals surface area contributed by atoms with Gasteiger partial charge in [-0.05, 0) is 38.0 Å². The lowest BCUT2D eigenvalue weighted by Crippen LogP contribution is -2.57. The van der Waals surface area contributed by atoms with Gasteiger partial charge in [0.2, 0.25) is 0 Å². The fraction of sp³-hybridized carbons (Fsp3) is 0.857. The molecule has 19 heavy (non-hydrogen) atoms. The van der Waals surface area contributed by atoms with Crippen LogP contribution in [0.4, 0.5) is 4.79 Å². The van der Waals surface area contributed by atoms with Crippen molar-refractivity contribution in [3.63, 3.8) is 0 Å². The molecular formula is C14H24N2O3. The Kier molecular flexibility index (Phi) is 4.02. The molecule has 2 aliphatic heterocycles. The first-order valence-corrected chi connectivity index (χ1v) is 7.31. The smallest absolute Gasteiger partial charge is 0.329 e. The van der Waals surface area contributed by atoms with Gasteiger partial charge in [-0.25, -0.2) is 9.59 Å². The molecule has 0 aromatic rings. The summed E-state index contributed by atoms with van der Waals surface area (Å²) in [6.45, 7) is 6.15. The van der Waals surface area contributed by atoms with Gasteiger partial charge in [-0.2, -0.15) is 0 Å². The van der Waals surface area contributed by atoms with E-state index in [0.29, 0.717) is 25.3 Å². The Morgan fingerprint density at radius 2 is 1.89 bits per heavy atom. The van der Waals surface area contributed by atoms with Crippen molar-refractivity contribution >= 4 is 12.0 Å². The van der Waals surface area contributed by atoms with Crippen LogP contribution in [0.3, 0.4) is 0 Å². The first-order valence-electron chi connectivity index (χ1n) is 7.31. The van der Waals surface area contributed by atoms with E-state index in [1.165, 1.54) is 0 Å². The molecule has 1 unspecified atom stereocenters. The van der Waals surface area contributed by atoms with E-state index < -0.39 is 11.5 Å². The Balaban J connectivity index is 2.11. The number of carbonyl (C=O) groups is 2. The van der Waals surface area contributed by atoms with Crippen LogP contribution in [-0.4, -0.2) is 52.1 Å². The first kappa shape index (κ1) is 14.2. The van der Waals surface area contributed by atoms with E-state index in [4.69, 9.17) is 0 Å². The molecule has 0 saturated carbocycles. The SMILES string of the molecule is CCC1(C(=O)O)CCCN1C(=O)N1CCC(C)CC1. The van der Waals surface area contributed by atoms with Crippen LogP contribution in [0.2, 0.25) is 0 Å². The number of amides is 2. The third kappa shape index (κ3) is 2.42. The normalized spacial score (nSPS) is 28.7. The average molecular weight is 268 g/mol. The van der Waals surface area contributed by atoms with Crippen LogP contribution in [0.1, 0.15) is 46.0 Å². The van der Waals surface area contributed by atoms with Crippen LogP contribution in [0.15, 0.2) is 0 Å². The zero-order valence-corrected chi connectivity index (χ0v) is 11.9. The second kappa shape index (κ2) is 5.39. The van der Waals surface area contributed by atoms with Crippen molar-refractivity contribution < 1.29 is 14.7 Å². The summed E-state index contributed by atoms with van der Waals surface area (Å²) >= 11 is 0. The van der Waals surface area contributed by atoms with Crippen LogP contribution < -0.4 is 0 Å². The van der Waals surface area contributed by atoms with Gasteiger partial charge in [0.25, 0.3) is 0 Å². The number of carboxylic acid groups (broad SMARTS) is 1. The highest BCUT2D eigenvalue weighted by Crippen LogP contribution is 2.34. The minimum atomic E-state index is -0.972. The Morgan fingerprint density at radius 1 is 1.26 bits per heavy atom. The predicted octanol–water partition coefficient (Wildman–Crippen LogP) is 2.17. The number of hydrogen-bond acceptors (Lipinski definition) is 2. The van der Waals surface area contributed by atoms with Gasteiger partial charge in [0.05, 0.1) is 0 Å². The van der Waals surface area contributed by atoms with Crippen molar-refractivity contribution in [2.24, 2.45) is 5.92 Å². The van der Waals surface area contributed by atoms with Crippen molar-refractivity contribution in [1.29, 1.82) is 0 Å². The van der Waals surface area contributed by atoms with E-state index in [2.05, 4.69) is 6.92 Å². The molecule has 1 N–H and O–H groups in total. The maximum absolute atomic E-state index is 12.6. The lowest BCUT2D eigenvalue weighted by Gasteiger charge is -2.39. The van der Waals surface area contributed by atoms with E-state index >= 15 is 0 Å². The number of aliphatic carboxylic acids is 1. The molecule has 0 bridgehead atoms.